The molecule has 1 saturated heterocycles. The quantitative estimate of drug-likeness (QED) is 0.697. The van der Waals surface area contributed by atoms with Gasteiger partial charge in [-0.1, -0.05) is 6.92 Å². The second kappa shape index (κ2) is 5.17. The third-order valence-corrected chi connectivity index (χ3v) is 3.30. The van der Waals surface area contributed by atoms with E-state index in [1.54, 1.807) is 6.07 Å². The number of carboxylic acid groups (broad SMARTS) is 1. The van der Waals surface area contributed by atoms with Crippen LogP contribution >= 0.6 is 0 Å². The summed E-state index contributed by atoms with van der Waals surface area (Å²) in [7, 11) is 0. The van der Waals surface area contributed by atoms with Gasteiger partial charge >= 0.3 is 5.97 Å². The van der Waals surface area contributed by atoms with Crippen molar-refractivity contribution >= 4 is 23.3 Å². The first kappa shape index (κ1) is 13.2. The molecule has 1 unspecified atom stereocenters. The molecular formula is C13H17N3O3. The molecule has 1 atom stereocenters. The van der Waals surface area contributed by atoms with Crippen LogP contribution in [-0.2, 0) is 4.79 Å². The standard InChI is InChI=1S/C13H17N3O3/c1-2-10-12(17)15-5-6-16(10)11-7-8(13(18)19)3-4-9(11)14/h3-4,7,10H,2,5-6,14H2,1H3,(H,15,17)(H,18,19). The summed E-state index contributed by atoms with van der Waals surface area (Å²) in [6, 6.07) is 4.25. The molecule has 0 bridgehead atoms. The Kier molecular flexibility index (Phi) is 3.59. The maximum atomic E-state index is 11.8. The van der Waals surface area contributed by atoms with Crippen LogP contribution in [0, 0.1) is 0 Å². The van der Waals surface area contributed by atoms with E-state index in [9.17, 15) is 9.59 Å². The molecule has 0 spiro atoms. The summed E-state index contributed by atoms with van der Waals surface area (Å²) in [6.45, 7) is 3.07. The third-order valence-electron chi connectivity index (χ3n) is 3.30. The van der Waals surface area contributed by atoms with Crippen molar-refractivity contribution in [3.63, 3.8) is 0 Å². The Morgan fingerprint density at radius 1 is 1.58 bits per heavy atom. The zero-order valence-electron chi connectivity index (χ0n) is 10.7. The Bertz CT molecular complexity index is 516. The van der Waals surface area contributed by atoms with Crippen molar-refractivity contribution in [2.75, 3.05) is 23.7 Å². The van der Waals surface area contributed by atoms with Crippen LogP contribution in [0.15, 0.2) is 18.2 Å². The van der Waals surface area contributed by atoms with Gasteiger partial charge in [0, 0.05) is 13.1 Å². The molecule has 1 heterocycles. The number of carboxylic acids is 1. The van der Waals surface area contributed by atoms with E-state index in [-0.39, 0.29) is 17.5 Å². The average Bonchev–Trinajstić information content (AvgIpc) is 2.38. The number of nitrogens with one attached hydrogen (secondary N) is 1. The van der Waals surface area contributed by atoms with Crippen LogP contribution in [0.2, 0.25) is 0 Å². The molecule has 6 nitrogen and oxygen atoms in total. The summed E-state index contributed by atoms with van der Waals surface area (Å²) in [5.41, 5.74) is 7.18. The SMILES string of the molecule is CCC1C(=O)NCCN1c1cc(C(=O)O)ccc1N. The van der Waals surface area contributed by atoms with Crippen molar-refractivity contribution in [2.24, 2.45) is 0 Å². The first-order chi connectivity index (χ1) is 9.04. The zero-order valence-corrected chi connectivity index (χ0v) is 10.7. The van der Waals surface area contributed by atoms with Crippen molar-refractivity contribution in [3.8, 4) is 0 Å². The van der Waals surface area contributed by atoms with Crippen LogP contribution in [0.4, 0.5) is 11.4 Å². The average molecular weight is 263 g/mol. The minimum atomic E-state index is -1.00. The molecule has 0 radical (unpaired) electrons. The van der Waals surface area contributed by atoms with Crippen molar-refractivity contribution < 1.29 is 14.7 Å². The number of piperazine rings is 1. The van der Waals surface area contributed by atoms with E-state index in [0.717, 1.165) is 0 Å². The lowest BCUT2D eigenvalue weighted by Crippen LogP contribution is -2.55. The highest BCUT2D eigenvalue weighted by molar-refractivity contribution is 5.92. The molecule has 0 aliphatic carbocycles. The number of hydrogen-bond acceptors (Lipinski definition) is 4. The minimum Gasteiger partial charge on any atom is -0.478 e. The molecule has 4 N–H and O–H groups in total. The summed E-state index contributed by atoms with van der Waals surface area (Å²) in [5, 5.41) is 11.8. The molecular weight excluding hydrogens is 246 g/mol. The number of nitrogen functional groups attached to an aromatic ring is 1. The monoisotopic (exact) mass is 263 g/mol. The summed E-state index contributed by atoms with van der Waals surface area (Å²) >= 11 is 0. The lowest BCUT2D eigenvalue weighted by atomic mass is 10.1. The Hall–Kier alpha value is -2.24. The molecule has 19 heavy (non-hydrogen) atoms. The lowest BCUT2D eigenvalue weighted by molar-refractivity contribution is -0.123. The molecule has 0 saturated carbocycles. The molecule has 102 valence electrons. The first-order valence-electron chi connectivity index (χ1n) is 6.21. The highest BCUT2D eigenvalue weighted by atomic mass is 16.4. The number of nitrogens with zero attached hydrogens (tertiary/aromatic N) is 1. The van der Waals surface area contributed by atoms with E-state index in [1.807, 2.05) is 11.8 Å². The van der Waals surface area contributed by atoms with Gasteiger partial charge in [0.25, 0.3) is 0 Å². The highest BCUT2D eigenvalue weighted by Crippen LogP contribution is 2.28. The van der Waals surface area contributed by atoms with Crippen LogP contribution in [0.25, 0.3) is 0 Å². The fraction of sp³-hybridized carbons (Fsp3) is 0.385. The maximum absolute atomic E-state index is 11.8. The van der Waals surface area contributed by atoms with Gasteiger partial charge in [0.1, 0.15) is 6.04 Å². The van der Waals surface area contributed by atoms with Crippen molar-refractivity contribution in [1.82, 2.24) is 5.32 Å². The van der Waals surface area contributed by atoms with E-state index < -0.39 is 5.97 Å². The first-order valence-corrected chi connectivity index (χ1v) is 6.21. The number of carbonyl (C=O) groups is 2. The molecule has 2 rings (SSSR count). The van der Waals surface area contributed by atoms with Crippen LogP contribution < -0.4 is 16.0 Å². The largest absolute Gasteiger partial charge is 0.478 e. The van der Waals surface area contributed by atoms with Gasteiger partial charge in [-0.25, -0.2) is 4.79 Å². The molecule has 1 amide bonds. The van der Waals surface area contributed by atoms with Gasteiger partial charge in [0.2, 0.25) is 5.91 Å². The van der Waals surface area contributed by atoms with E-state index in [1.165, 1.54) is 12.1 Å². The minimum absolute atomic E-state index is 0.0473. The Labute approximate surface area is 111 Å². The fourth-order valence-electron chi connectivity index (χ4n) is 2.33. The van der Waals surface area contributed by atoms with Gasteiger partial charge in [-0.15, -0.1) is 0 Å². The predicted molar refractivity (Wildman–Crippen MR) is 72.2 cm³/mol. The second-order valence-corrected chi connectivity index (χ2v) is 4.49. The van der Waals surface area contributed by atoms with Gasteiger partial charge in [-0.05, 0) is 24.6 Å². The number of aromatic carboxylic acids is 1. The van der Waals surface area contributed by atoms with Crippen molar-refractivity contribution in [1.29, 1.82) is 0 Å². The molecule has 6 heteroatoms. The molecule has 1 aliphatic rings. The van der Waals surface area contributed by atoms with Crippen molar-refractivity contribution in [3.05, 3.63) is 23.8 Å². The number of nitrogens with two attached hydrogens (primary N) is 1. The van der Waals surface area contributed by atoms with Crippen molar-refractivity contribution in [2.45, 2.75) is 19.4 Å². The molecule has 0 aromatic heterocycles. The zero-order chi connectivity index (χ0) is 14.0. The van der Waals surface area contributed by atoms with E-state index >= 15 is 0 Å². The third kappa shape index (κ3) is 2.47. The smallest absolute Gasteiger partial charge is 0.335 e. The Morgan fingerprint density at radius 3 is 2.95 bits per heavy atom. The van der Waals surface area contributed by atoms with E-state index in [2.05, 4.69) is 5.32 Å². The summed E-state index contributed by atoms with van der Waals surface area (Å²) in [5.74, 6) is -1.05. The van der Waals surface area contributed by atoms with Gasteiger partial charge in [0.05, 0.1) is 16.9 Å². The maximum Gasteiger partial charge on any atom is 0.335 e. The van der Waals surface area contributed by atoms with E-state index in [4.69, 9.17) is 10.8 Å². The van der Waals surface area contributed by atoms with Gasteiger partial charge in [0.15, 0.2) is 0 Å². The summed E-state index contributed by atoms with van der Waals surface area (Å²) in [4.78, 5) is 24.7. The Balaban J connectivity index is 2.41. The van der Waals surface area contributed by atoms with Crippen LogP contribution in [-0.4, -0.2) is 36.1 Å². The number of carbonyl (C=O) groups excluding carboxylic acids is 1. The fourth-order valence-corrected chi connectivity index (χ4v) is 2.33. The van der Waals surface area contributed by atoms with Crippen LogP contribution in [0.5, 0.6) is 0 Å². The predicted octanol–water partition coefficient (Wildman–Crippen LogP) is 0.682. The number of rotatable bonds is 3. The molecule has 1 aromatic rings. The highest BCUT2D eigenvalue weighted by Gasteiger charge is 2.29. The number of hydrogen-bond donors (Lipinski definition) is 3. The summed E-state index contributed by atoms with van der Waals surface area (Å²) in [6.07, 6.45) is 0.641. The second-order valence-electron chi connectivity index (χ2n) is 4.49. The van der Waals surface area contributed by atoms with Crippen LogP contribution in [0.3, 0.4) is 0 Å². The van der Waals surface area contributed by atoms with Gasteiger partial charge in [-0.3, -0.25) is 4.79 Å². The number of anilines is 2. The number of amides is 1. The van der Waals surface area contributed by atoms with Crippen LogP contribution in [0.1, 0.15) is 23.7 Å². The van der Waals surface area contributed by atoms with E-state index in [0.29, 0.717) is 30.9 Å². The topological polar surface area (TPSA) is 95.7 Å². The summed E-state index contributed by atoms with van der Waals surface area (Å²) < 4.78 is 0. The molecule has 1 fully saturated rings. The normalized spacial score (nSPS) is 19.1. The Morgan fingerprint density at radius 2 is 2.32 bits per heavy atom. The molecule has 1 aliphatic heterocycles. The van der Waals surface area contributed by atoms with Gasteiger partial charge in [-0.2, -0.15) is 0 Å². The number of benzene rings is 1. The van der Waals surface area contributed by atoms with Gasteiger partial charge < -0.3 is 21.1 Å². The molecule has 1 aromatic carbocycles. The lowest BCUT2D eigenvalue weighted by Gasteiger charge is -2.37.